The molecule has 0 saturated heterocycles. The molecule has 10 aromatic carbocycles. The van der Waals surface area contributed by atoms with E-state index >= 15 is 0 Å². The molecule has 0 fully saturated rings. The summed E-state index contributed by atoms with van der Waals surface area (Å²) in [5, 5.41) is 9.97. The predicted octanol–water partition coefficient (Wildman–Crippen LogP) is 14.8. The van der Waals surface area contributed by atoms with Crippen LogP contribution in [-0.2, 0) is 0 Å². The second kappa shape index (κ2) is 13.0. The van der Waals surface area contributed by atoms with Crippen molar-refractivity contribution in [2.24, 2.45) is 0 Å². The maximum absolute atomic E-state index is 2.40. The molecule has 1 heteroatoms. The van der Waals surface area contributed by atoms with Crippen LogP contribution in [0, 0.1) is 0 Å². The topological polar surface area (TPSA) is 3.24 Å². The van der Waals surface area contributed by atoms with Gasteiger partial charge in [-0.1, -0.05) is 158 Å². The van der Waals surface area contributed by atoms with E-state index in [0.29, 0.717) is 0 Å². The van der Waals surface area contributed by atoms with Crippen LogP contribution in [0.15, 0.2) is 212 Å². The summed E-state index contributed by atoms with van der Waals surface area (Å²) >= 11 is 0. The molecule has 0 unspecified atom stereocenters. The average molecular weight is 674 g/mol. The van der Waals surface area contributed by atoms with Gasteiger partial charge in [0, 0.05) is 17.1 Å². The van der Waals surface area contributed by atoms with Gasteiger partial charge in [-0.2, -0.15) is 0 Å². The van der Waals surface area contributed by atoms with E-state index in [9.17, 15) is 0 Å². The number of benzene rings is 10. The standard InChI is InChI=1S/C52H35N/c1-2-12-36(13-3-1)40-26-27-43-33-48(29-28-42(43)31-40)53(46-19-10-17-39(32-46)41-25-24-37-14-4-5-15-38(37)30-41)47-20-11-18-44(34-47)52-35-45-16-6-7-21-49(45)50-22-8-9-23-51(50)52/h1-35H. The van der Waals surface area contributed by atoms with Crippen LogP contribution >= 0.6 is 0 Å². The molecule has 10 aromatic rings. The minimum absolute atomic E-state index is 1.11. The Kier molecular flexibility index (Phi) is 7.55. The fourth-order valence-corrected chi connectivity index (χ4v) is 7.93. The van der Waals surface area contributed by atoms with Crippen LogP contribution in [-0.4, -0.2) is 0 Å². The van der Waals surface area contributed by atoms with Gasteiger partial charge in [0.1, 0.15) is 0 Å². The zero-order valence-corrected chi connectivity index (χ0v) is 29.2. The predicted molar refractivity (Wildman–Crippen MR) is 227 cm³/mol. The molecule has 0 aliphatic rings. The van der Waals surface area contributed by atoms with Gasteiger partial charge in [-0.3, -0.25) is 0 Å². The number of hydrogen-bond acceptors (Lipinski definition) is 1. The number of rotatable bonds is 6. The van der Waals surface area contributed by atoms with E-state index in [4.69, 9.17) is 0 Å². The Hall–Kier alpha value is -6.96. The molecule has 0 heterocycles. The van der Waals surface area contributed by atoms with Crippen LogP contribution in [0.25, 0.3) is 76.5 Å². The van der Waals surface area contributed by atoms with Crippen molar-refractivity contribution >= 4 is 60.2 Å². The third-order valence-corrected chi connectivity index (χ3v) is 10.6. The Bertz CT molecular complexity index is 2960. The molecule has 0 saturated carbocycles. The van der Waals surface area contributed by atoms with Crippen molar-refractivity contribution in [1.29, 1.82) is 0 Å². The second-order valence-corrected chi connectivity index (χ2v) is 13.8. The first-order valence-electron chi connectivity index (χ1n) is 18.2. The van der Waals surface area contributed by atoms with Crippen molar-refractivity contribution in [2.75, 3.05) is 4.90 Å². The van der Waals surface area contributed by atoms with Crippen LogP contribution in [0.2, 0.25) is 0 Å². The molecule has 0 bridgehead atoms. The summed E-state index contributed by atoms with van der Waals surface area (Å²) in [5.41, 5.74) is 10.6. The summed E-state index contributed by atoms with van der Waals surface area (Å²) in [7, 11) is 0. The highest BCUT2D eigenvalue weighted by atomic mass is 15.1. The minimum Gasteiger partial charge on any atom is -0.310 e. The lowest BCUT2D eigenvalue weighted by atomic mass is 9.93. The van der Waals surface area contributed by atoms with Crippen molar-refractivity contribution < 1.29 is 0 Å². The molecule has 0 aliphatic heterocycles. The summed E-state index contributed by atoms with van der Waals surface area (Å²) in [6.45, 7) is 0. The van der Waals surface area contributed by atoms with Gasteiger partial charge >= 0.3 is 0 Å². The molecule has 0 radical (unpaired) electrons. The van der Waals surface area contributed by atoms with E-state index in [1.807, 2.05) is 0 Å². The fraction of sp³-hybridized carbons (Fsp3) is 0. The van der Waals surface area contributed by atoms with Crippen LogP contribution in [0.3, 0.4) is 0 Å². The summed E-state index contributed by atoms with van der Waals surface area (Å²) in [6, 6.07) is 77.4. The number of nitrogens with zero attached hydrogens (tertiary/aromatic N) is 1. The third kappa shape index (κ3) is 5.69. The summed E-state index contributed by atoms with van der Waals surface area (Å²) in [6.07, 6.45) is 0. The van der Waals surface area contributed by atoms with Crippen LogP contribution in [0.1, 0.15) is 0 Å². The number of fused-ring (bicyclic) bond motifs is 5. The molecule has 0 N–H and O–H groups in total. The lowest BCUT2D eigenvalue weighted by molar-refractivity contribution is 1.29. The van der Waals surface area contributed by atoms with Crippen LogP contribution in [0.4, 0.5) is 17.1 Å². The zero-order valence-electron chi connectivity index (χ0n) is 29.2. The molecule has 248 valence electrons. The number of anilines is 3. The molecular weight excluding hydrogens is 639 g/mol. The van der Waals surface area contributed by atoms with Crippen molar-refractivity contribution in [3.8, 4) is 33.4 Å². The van der Waals surface area contributed by atoms with Gasteiger partial charge in [-0.25, -0.2) is 0 Å². The van der Waals surface area contributed by atoms with Crippen LogP contribution in [0.5, 0.6) is 0 Å². The monoisotopic (exact) mass is 673 g/mol. The molecule has 0 amide bonds. The Labute approximate surface area is 309 Å². The van der Waals surface area contributed by atoms with Crippen molar-refractivity contribution in [3.63, 3.8) is 0 Å². The summed E-state index contributed by atoms with van der Waals surface area (Å²) in [5.74, 6) is 0. The molecule has 0 aliphatic carbocycles. The van der Waals surface area contributed by atoms with Gasteiger partial charge < -0.3 is 4.90 Å². The molecule has 0 atom stereocenters. The molecule has 0 spiro atoms. The lowest BCUT2D eigenvalue weighted by Gasteiger charge is -2.27. The minimum atomic E-state index is 1.11. The molecule has 53 heavy (non-hydrogen) atoms. The summed E-state index contributed by atoms with van der Waals surface area (Å²) < 4.78 is 0. The van der Waals surface area contributed by atoms with E-state index in [1.54, 1.807) is 0 Å². The van der Waals surface area contributed by atoms with E-state index < -0.39 is 0 Å². The first-order chi connectivity index (χ1) is 26.2. The van der Waals surface area contributed by atoms with Gasteiger partial charge in [0.05, 0.1) is 0 Å². The third-order valence-electron chi connectivity index (χ3n) is 10.6. The highest BCUT2D eigenvalue weighted by molar-refractivity contribution is 6.14. The first-order valence-corrected chi connectivity index (χ1v) is 18.2. The van der Waals surface area contributed by atoms with Crippen LogP contribution < -0.4 is 4.90 Å². The molecule has 10 rings (SSSR count). The zero-order chi connectivity index (χ0) is 35.1. The quantitative estimate of drug-likeness (QED) is 0.159. The van der Waals surface area contributed by atoms with Crippen molar-refractivity contribution in [2.45, 2.75) is 0 Å². The smallest absolute Gasteiger partial charge is 0.0468 e. The van der Waals surface area contributed by atoms with E-state index in [1.165, 1.54) is 76.5 Å². The highest BCUT2D eigenvalue weighted by Crippen LogP contribution is 2.42. The Morgan fingerprint density at radius 3 is 1.51 bits per heavy atom. The Balaban J connectivity index is 1.14. The lowest BCUT2D eigenvalue weighted by Crippen LogP contribution is -2.10. The van der Waals surface area contributed by atoms with Gasteiger partial charge in [0.25, 0.3) is 0 Å². The van der Waals surface area contributed by atoms with Crippen molar-refractivity contribution in [3.05, 3.63) is 212 Å². The molecule has 0 aromatic heterocycles. The molecule has 1 nitrogen and oxygen atoms in total. The Morgan fingerprint density at radius 1 is 0.226 bits per heavy atom. The SMILES string of the molecule is c1ccc(-c2ccc3cc(N(c4cccc(-c5ccc6ccccc6c5)c4)c4cccc(-c5cc6ccccc6c6ccccc56)c4)ccc3c2)cc1. The average Bonchev–Trinajstić information content (AvgIpc) is 3.23. The van der Waals surface area contributed by atoms with E-state index in [2.05, 4.69) is 217 Å². The normalized spacial score (nSPS) is 11.4. The fourth-order valence-electron chi connectivity index (χ4n) is 7.93. The highest BCUT2D eigenvalue weighted by Gasteiger charge is 2.17. The van der Waals surface area contributed by atoms with Crippen molar-refractivity contribution in [1.82, 2.24) is 0 Å². The van der Waals surface area contributed by atoms with Gasteiger partial charge in [0.15, 0.2) is 0 Å². The van der Waals surface area contributed by atoms with E-state index in [-0.39, 0.29) is 0 Å². The molecular formula is C52H35N. The van der Waals surface area contributed by atoms with Gasteiger partial charge in [-0.05, 0) is 131 Å². The first kappa shape index (κ1) is 30.8. The Morgan fingerprint density at radius 2 is 0.717 bits per heavy atom. The maximum Gasteiger partial charge on any atom is 0.0468 e. The van der Waals surface area contributed by atoms with Gasteiger partial charge in [0.2, 0.25) is 0 Å². The second-order valence-electron chi connectivity index (χ2n) is 13.8. The van der Waals surface area contributed by atoms with E-state index in [0.717, 1.165) is 17.1 Å². The van der Waals surface area contributed by atoms with Gasteiger partial charge in [-0.15, -0.1) is 0 Å². The number of hydrogen-bond donors (Lipinski definition) is 0. The maximum atomic E-state index is 2.40. The summed E-state index contributed by atoms with van der Waals surface area (Å²) in [4.78, 5) is 2.40. The largest absolute Gasteiger partial charge is 0.310 e.